The largest absolute Gasteiger partial charge is 0.302 e. The van der Waals surface area contributed by atoms with E-state index in [-0.39, 0.29) is 15.8 Å². The van der Waals surface area contributed by atoms with Gasteiger partial charge in [0.05, 0.1) is 9.79 Å². The predicted octanol–water partition coefficient (Wildman–Crippen LogP) is 1.14. The van der Waals surface area contributed by atoms with Gasteiger partial charge in [0.25, 0.3) is 0 Å². The van der Waals surface area contributed by atoms with Gasteiger partial charge in [0, 0.05) is 25.7 Å². The van der Waals surface area contributed by atoms with Gasteiger partial charge < -0.3 is 4.90 Å². The molecule has 7 nitrogen and oxygen atoms in total. The van der Waals surface area contributed by atoms with Gasteiger partial charge in [-0.3, -0.25) is 0 Å². The Morgan fingerprint density at radius 3 is 2.19 bits per heavy atom. The molecule has 0 spiro atoms. The molecule has 9 heteroatoms. The van der Waals surface area contributed by atoms with E-state index in [0.29, 0.717) is 19.0 Å². The van der Waals surface area contributed by atoms with Crippen LogP contribution in [0, 0.1) is 5.92 Å². The highest BCUT2D eigenvalue weighted by atomic mass is 32.2. The lowest BCUT2D eigenvalue weighted by Gasteiger charge is -2.30. The van der Waals surface area contributed by atoms with Crippen LogP contribution in [0.5, 0.6) is 0 Å². The van der Waals surface area contributed by atoms with Gasteiger partial charge in [0.2, 0.25) is 20.0 Å². The Kier molecular flexibility index (Phi) is 6.03. The summed E-state index contributed by atoms with van der Waals surface area (Å²) in [6.45, 7) is 5.25. The van der Waals surface area contributed by atoms with E-state index in [9.17, 15) is 16.8 Å². The van der Waals surface area contributed by atoms with Crippen molar-refractivity contribution in [3.8, 4) is 0 Å². The number of rotatable bonds is 8. The molecule has 1 aliphatic heterocycles. The van der Waals surface area contributed by atoms with E-state index < -0.39 is 20.0 Å². The van der Waals surface area contributed by atoms with Crippen molar-refractivity contribution in [1.82, 2.24) is 14.3 Å². The summed E-state index contributed by atoms with van der Waals surface area (Å²) in [4.78, 5) is 2.44. The lowest BCUT2D eigenvalue weighted by molar-refractivity contribution is 0.187. The molecular weight excluding hydrogens is 374 g/mol. The van der Waals surface area contributed by atoms with Gasteiger partial charge in [-0.05, 0) is 62.4 Å². The number of likely N-dealkylation sites (tertiary alicyclic amines) is 1. The molecule has 146 valence electrons. The Morgan fingerprint density at radius 1 is 1.00 bits per heavy atom. The van der Waals surface area contributed by atoms with Crippen molar-refractivity contribution < 1.29 is 16.8 Å². The van der Waals surface area contributed by atoms with E-state index in [1.165, 1.54) is 30.7 Å². The van der Waals surface area contributed by atoms with Crippen molar-refractivity contribution >= 4 is 20.0 Å². The summed E-state index contributed by atoms with van der Waals surface area (Å²) >= 11 is 0. The Bertz CT molecular complexity index is 818. The van der Waals surface area contributed by atoms with Crippen molar-refractivity contribution in [2.75, 3.05) is 26.2 Å². The number of hydrogen-bond donors (Lipinski definition) is 2. The third-order valence-electron chi connectivity index (χ3n) is 4.80. The van der Waals surface area contributed by atoms with E-state index in [2.05, 4.69) is 21.3 Å². The molecule has 0 amide bonds. The molecule has 1 saturated heterocycles. The van der Waals surface area contributed by atoms with E-state index >= 15 is 0 Å². The summed E-state index contributed by atoms with van der Waals surface area (Å²) < 4.78 is 54.2. The molecule has 1 unspecified atom stereocenters. The van der Waals surface area contributed by atoms with Crippen LogP contribution in [0.25, 0.3) is 0 Å². The molecule has 1 saturated carbocycles. The SMILES string of the molecule is CC1CCCN(CCNS(=O)(=O)c2ccc(S(=O)(=O)NC3CC3)cc2)C1. The first kappa shape index (κ1) is 19.8. The van der Waals surface area contributed by atoms with Crippen LogP contribution in [-0.2, 0) is 20.0 Å². The maximum absolute atomic E-state index is 12.4. The third-order valence-corrected chi connectivity index (χ3v) is 7.82. The maximum atomic E-state index is 12.4. The zero-order valence-electron chi connectivity index (χ0n) is 15.0. The molecule has 1 atom stereocenters. The van der Waals surface area contributed by atoms with Gasteiger partial charge in [0.1, 0.15) is 0 Å². The summed E-state index contributed by atoms with van der Waals surface area (Å²) in [7, 11) is -7.21. The van der Waals surface area contributed by atoms with Crippen LogP contribution in [0.15, 0.2) is 34.1 Å². The van der Waals surface area contributed by atoms with Gasteiger partial charge in [-0.25, -0.2) is 26.3 Å². The molecule has 3 rings (SSSR count). The quantitative estimate of drug-likeness (QED) is 0.681. The monoisotopic (exact) mass is 401 g/mol. The first-order valence-electron chi connectivity index (χ1n) is 9.11. The predicted molar refractivity (Wildman–Crippen MR) is 99.8 cm³/mol. The van der Waals surface area contributed by atoms with Crippen molar-refractivity contribution in [3.63, 3.8) is 0 Å². The Morgan fingerprint density at radius 2 is 1.62 bits per heavy atom. The summed E-state index contributed by atoms with van der Waals surface area (Å²) in [5.74, 6) is 0.652. The van der Waals surface area contributed by atoms with Gasteiger partial charge in [0.15, 0.2) is 0 Å². The summed E-state index contributed by atoms with van der Waals surface area (Å²) in [6, 6.07) is 5.37. The Hall–Kier alpha value is -1.00. The lowest BCUT2D eigenvalue weighted by atomic mass is 10.0. The highest BCUT2D eigenvalue weighted by Gasteiger charge is 2.28. The van der Waals surface area contributed by atoms with Gasteiger partial charge in [-0.2, -0.15) is 0 Å². The molecule has 1 aliphatic carbocycles. The fourth-order valence-electron chi connectivity index (χ4n) is 3.20. The Balaban J connectivity index is 1.56. The molecule has 2 fully saturated rings. The molecule has 1 aromatic carbocycles. The number of hydrogen-bond acceptors (Lipinski definition) is 5. The van der Waals surface area contributed by atoms with Gasteiger partial charge >= 0.3 is 0 Å². The normalized spacial score (nSPS) is 22.4. The number of piperidine rings is 1. The fraction of sp³-hybridized carbons (Fsp3) is 0.647. The molecule has 1 aromatic rings. The second-order valence-electron chi connectivity index (χ2n) is 7.31. The van der Waals surface area contributed by atoms with Crippen LogP contribution >= 0.6 is 0 Å². The summed E-state index contributed by atoms with van der Waals surface area (Å²) in [6.07, 6.45) is 4.09. The maximum Gasteiger partial charge on any atom is 0.240 e. The number of sulfonamides is 2. The van der Waals surface area contributed by atoms with Crippen LogP contribution in [0.3, 0.4) is 0 Å². The first-order valence-corrected chi connectivity index (χ1v) is 12.1. The van der Waals surface area contributed by atoms with Crippen molar-refractivity contribution in [2.45, 2.75) is 48.4 Å². The zero-order chi connectivity index (χ0) is 18.8. The molecule has 0 bridgehead atoms. The number of benzene rings is 1. The van der Waals surface area contributed by atoms with Crippen molar-refractivity contribution in [3.05, 3.63) is 24.3 Å². The van der Waals surface area contributed by atoms with Crippen LogP contribution < -0.4 is 9.44 Å². The van der Waals surface area contributed by atoms with Crippen molar-refractivity contribution in [2.24, 2.45) is 5.92 Å². The van der Waals surface area contributed by atoms with Crippen LogP contribution in [-0.4, -0.2) is 54.0 Å². The molecule has 1 heterocycles. The molecular formula is C17H27N3O4S2. The highest BCUT2D eigenvalue weighted by Crippen LogP contribution is 2.22. The second kappa shape index (κ2) is 7.93. The molecule has 0 radical (unpaired) electrons. The molecule has 26 heavy (non-hydrogen) atoms. The fourth-order valence-corrected chi connectivity index (χ4v) is 5.52. The number of nitrogens with one attached hydrogen (secondary N) is 2. The zero-order valence-corrected chi connectivity index (χ0v) is 16.7. The summed E-state index contributed by atoms with van der Waals surface area (Å²) in [5, 5.41) is 0. The molecule has 2 aliphatic rings. The van der Waals surface area contributed by atoms with E-state index in [1.54, 1.807) is 0 Å². The topological polar surface area (TPSA) is 95.6 Å². The summed E-state index contributed by atoms with van der Waals surface area (Å²) in [5.41, 5.74) is 0. The minimum atomic E-state index is -3.64. The van der Waals surface area contributed by atoms with Gasteiger partial charge in [-0.15, -0.1) is 0 Å². The Labute approximate surface area is 156 Å². The second-order valence-corrected chi connectivity index (χ2v) is 10.8. The lowest BCUT2D eigenvalue weighted by Crippen LogP contribution is -2.40. The van der Waals surface area contributed by atoms with E-state index in [4.69, 9.17) is 0 Å². The third kappa shape index (κ3) is 5.26. The first-order chi connectivity index (χ1) is 12.3. The minimum Gasteiger partial charge on any atom is -0.302 e. The van der Waals surface area contributed by atoms with E-state index in [1.807, 2.05) is 0 Å². The molecule has 0 aromatic heterocycles. The molecule has 2 N–H and O–H groups in total. The van der Waals surface area contributed by atoms with Crippen LogP contribution in [0.4, 0.5) is 0 Å². The van der Waals surface area contributed by atoms with Crippen LogP contribution in [0.1, 0.15) is 32.6 Å². The standard InChI is InChI=1S/C17H27N3O4S2/c1-14-3-2-11-20(13-14)12-10-18-25(21,22)16-6-8-17(9-7-16)26(23,24)19-15-4-5-15/h6-9,14-15,18-19H,2-5,10-13H2,1H3. The van der Waals surface area contributed by atoms with Crippen molar-refractivity contribution in [1.29, 1.82) is 0 Å². The smallest absolute Gasteiger partial charge is 0.240 e. The average Bonchev–Trinajstić information content (AvgIpc) is 3.38. The van der Waals surface area contributed by atoms with Crippen LogP contribution in [0.2, 0.25) is 0 Å². The highest BCUT2D eigenvalue weighted by molar-refractivity contribution is 7.90. The van der Waals surface area contributed by atoms with Gasteiger partial charge in [-0.1, -0.05) is 6.92 Å². The average molecular weight is 402 g/mol. The number of nitrogens with zero attached hydrogens (tertiary/aromatic N) is 1. The minimum absolute atomic E-state index is 0.0163. The van der Waals surface area contributed by atoms with E-state index in [0.717, 1.165) is 32.4 Å².